The maximum absolute atomic E-state index is 13.3. The first kappa shape index (κ1) is 18.8. The third kappa shape index (κ3) is 3.85. The molecule has 1 saturated carbocycles. The first-order valence-corrected chi connectivity index (χ1v) is 9.50. The molecule has 1 aliphatic carbocycles. The number of halogens is 2. The fourth-order valence-corrected chi connectivity index (χ4v) is 3.50. The monoisotopic (exact) mass is 396 g/mol. The van der Waals surface area contributed by atoms with E-state index < -0.39 is 36.9 Å². The van der Waals surface area contributed by atoms with Crippen molar-refractivity contribution in [2.45, 2.75) is 44.1 Å². The van der Waals surface area contributed by atoms with Crippen LogP contribution in [0.4, 0.5) is 14.6 Å². The molecule has 1 atom stereocenters. The molecule has 3 heterocycles. The van der Waals surface area contributed by atoms with Crippen LogP contribution in [0.5, 0.6) is 5.88 Å². The van der Waals surface area contributed by atoms with Gasteiger partial charge < -0.3 is 19.6 Å². The molecule has 4 rings (SSSR count). The minimum atomic E-state index is -2.77. The number of hydrogen-bond donors (Lipinski definition) is 1. The lowest BCUT2D eigenvalue weighted by Gasteiger charge is -2.39. The number of carboxylic acid groups (broad SMARTS) is 1. The predicted molar refractivity (Wildman–Crippen MR) is 93.7 cm³/mol. The summed E-state index contributed by atoms with van der Waals surface area (Å²) in [6.07, 6.45) is 5.14. The first-order chi connectivity index (χ1) is 13.3. The number of piperidine rings is 1. The molecule has 10 heteroatoms. The Morgan fingerprint density at radius 2 is 2.00 bits per heavy atom. The molecule has 3 aliphatic rings. The van der Waals surface area contributed by atoms with Crippen molar-refractivity contribution in [2.75, 3.05) is 31.1 Å². The van der Waals surface area contributed by atoms with Crippen molar-refractivity contribution in [2.24, 2.45) is 5.92 Å². The second-order valence-electron chi connectivity index (χ2n) is 7.70. The van der Waals surface area contributed by atoms with Crippen LogP contribution in [0.1, 0.15) is 42.6 Å². The molecular formula is C18H22F2N4O4. The predicted octanol–water partition coefficient (Wildman–Crippen LogP) is 1.80. The summed E-state index contributed by atoms with van der Waals surface area (Å²) in [5.41, 5.74) is -0.0324. The van der Waals surface area contributed by atoms with Crippen molar-refractivity contribution >= 4 is 17.7 Å². The molecule has 1 N–H and O–H groups in total. The fourth-order valence-electron chi connectivity index (χ4n) is 3.50. The van der Waals surface area contributed by atoms with E-state index in [1.165, 1.54) is 16.0 Å². The van der Waals surface area contributed by atoms with E-state index in [0.717, 1.165) is 25.7 Å². The van der Waals surface area contributed by atoms with Gasteiger partial charge in [0.1, 0.15) is 6.04 Å². The Kier molecular flexibility index (Phi) is 4.80. The van der Waals surface area contributed by atoms with Crippen LogP contribution < -0.4 is 9.64 Å². The molecule has 3 fully saturated rings. The minimum absolute atomic E-state index is 0.0324. The molecule has 1 amide bonds. The molecule has 2 saturated heterocycles. The van der Waals surface area contributed by atoms with Gasteiger partial charge in [-0.1, -0.05) is 0 Å². The summed E-state index contributed by atoms with van der Waals surface area (Å²) in [6.45, 7) is -0.217. The molecular weight excluding hydrogens is 374 g/mol. The molecule has 0 aromatic carbocycles. The lowest BCUT2D eigenvalue weighted by molar-refractivity contribution is -0.143. The molecule has 1 aromatic rings. The molecule has 0 bridgehead atoms. The van der Waals surface area contributed by atoms with Gasteiger partial charge in [0, 0.05) is 6.54 Å². The molecule has 28 heavy (non-hydrogen) atoms. The van der Waals surface area contributed by atoms with E-state index in [2.05, 4.69) is 9.97 Å². The molecule has 1 aromatic heterocycles. The number of alkyl halides is 2. The lowest BCUT2D eigenvalue weighted by atomic mass is 10.0. The lowest BCUT2D eigenvalue weighted by Crippen LogP contribution is -2.56. The number of ether oxygens (including phenoxy) is 1. The van der Waals surface area contributed by atoms with Crippen molar-refractivity contribution in [3.05, 3.63) is 11.9 Å². The topological polar surface area (TPSA) is 95.9 Å². The van der Waals surface area contributed by atoms with E-state index in [0.29, 0.717) is 25.5 Å². The summed E-state index contributed by atoms with van der Waals surface area (Å²) in [5.74, 6) is -3.70. The highest BCUT2D eigenvalue weighted by Gasteiger charge is 2.46. The summed E-state index contributed by atoms with van der Waals surface area (Å²) >= 11 is 0. The van der Waals surface area contributed by atoms with Crippen LogP contribution in [-0.4, -0.2) is 70.1 Å². The zero-order valence-corrected chi connectivity index (χ0v) is 15.3. The van der Waals surface area contributed by atoms with Crippen LogP contribution in [0.2, 0.25) is 0 Å². The summed E-state index contributed by atoms with van der Waals surface area (Å²) in [4.78, 5) is 35.4. The maximum Gasteiger partial charge on any atom is 0.326 e. The van der Waals surface area contributed by atoms with E-state index in [1.807, 2.05) is 0 Å². The van der Waals surface area contributed by atoms with Crippen LogP contribution in [0, 0.1) is 5.92 Å². The van der Waals surface area contributed by atoms with Gasteiger partial charge in [-0.3, -0.25) is 4.79 Å². The molecule has 0 radical (unpaired) electrons. The molecule has 1 unspecified atom stereocenters. The SMILES string of the molecule is O=C(O)C1CCCCN1C(=O)c1cnc(N2CC(F)(F)C2)c(OCC2CC2)n1. The van der Waals surface area contributed by atoms with Crippen LogP contribution in [-0.2, 0) is 4.79 Å². The Hall–Kier alpha value is -2.52. The summed E-state index contributed by atoms with van der Waals surface area (Å²) in [6, 6.07) is -0.896. The van der Waals surface area contributed by atoms with Crippen LogP contribution in [0.3, 0.4) is 0 Å². The van der Waals surface area contributed by atoms with E-state index in [-0.39, 0.29) is 17.4 Å². The minimum Gasteiger partial charge on any atom is -0.480 e. The average molecular weight is 396 g/mol. The van der Waals surface area contributed by atoms with Crippen LogP contribution >= 0.6 is 0 Å². The van der Waals surface area contributed by atoms with Gasteiger partial charge in [0.15, 0.2) is 11.5 Å². The number of carbonyl (C=O) groups excluding carboxylic acids is 1. The first-order valence-electron chi connectivity index (χ1n) is 9.50. The van der Waals surface area contributed by atoms with Crippen molar-refractivity contribution in [1.82, 2.24) is 14.9 Å². The number of hydrogen-bond acceptors (Lipinski definition) is 6. The van der Waals surface area contributed by atoms with Crippen molar-refractivity contribution in [1.29, 1.82) is 0 Å². The van der Waals surface area contributed by atoms with Gasteiger partial charge in [0.25, 0.3) is 17.7 Å². The Morgan fingerprint density at radius 3 is 2.64 bits per heavy atom. The van der Waals surface area contributed by atoms with E-state index in [1.54, 1.807) is 0 Å². The van der Waals surface area contributed by atoms with Gasteiger partial charge in [0.05, 0.1) is 25.9 Å². The zero-order chi connectivity index (χ0) is 19.9. The number of carboxylic acids is 1. The number of amides is 1. The average Bonchev–Trinajstić information content (AvgIpc) is 3.48. The summed E-state index contributed by atoms with van der Waals surface area (Å²) in [5, 5.41) is 9.38. The van der Waals surface area contributed by atoms with Crippen LogP contribution in [0.25, 0.3) is 0 Å². The Bertz CT molecular complexity index is 779. The van der Waals surface area contributed by atoms with Crippen LogP contribution in [0.15, 0.2) is 6.20 Å². The second-order valence-corrected chi connectivity index (χ2v) is 7.70. The Morgan fingerprint density at radius 1 is 1.25 bits per heavy atom. The van der Waals surface area contributed by atoms with E-state index in [9.17, 15) is 23.5 Å². The van der Waals surface area contributed by atoms with Gasteiger partial charge >= 0.3 is 5.97 Å². The summed E-state index contributed by atoms with van der Waals surface area (Å²) < 4.78 is 32.2. The van der Waals surface area contributed by atoms with Gasteiger partial charge in [-0.15, -0.1) is 0 Å². The number of carbonyl (C=O) groups is 2. The smallest absolute Gasteiger partial charge is 0.326 e. The largest absolute Gasteiger partial charge is 0.480 e. The highest BCUT2D eigenvalue weighted by molar-refractivity contribution is 5.95. The highest BCUT2D eigenvalue weighted by atomic mass is 19.3. The number of likely N-dealkylation sites (tertiary alicyclic amines) is 1. The van der Waals surface area contributed by atoms with Gasteiger partial charge in [-0.25, -0.2) is 23.5 Å². The normalized spacial score (nSPS) is 23.9. The number of rotatable bonds is 6. The zero-order valence-electron chi connectivity index (χ0n) is 15.3. The Balaban J connectivity index is 1.57. The van der Waals surface area contributed by atoms with Gasteiger partial charge in [0.2, 0.25) is 0 Å². The molecule has 0 spiro atoms. The quantitative estimate of drug-likeness (QED) is 0.783. The number of aromatic nitrogens is 2. The highest BCUT2D eigenvalue weighted by Crippen LogP contribution is 2.36. The van der Waals surface area contributed by atoms with Gasteiger partial charge in [-0.2, -0.15) is 0 Å². The van der Waals surface area contributed by atoms with Crippen molar-refractivity contribution in [3.63, 3.8) is 0 Å². The Labute approximate surface area is 160 Å². The maximum atomic E-state index is 13.3. The third-order valence-corrected chi connectivity index (χ3v) is 5.29. The number of nitrogens with zero attached hydrogens (tertiary/aromatic N) is 4. The fraction of sp³-hybridized carbons (Fsp3) is 0.667. The molecule has 8 nitrogen and oxygen atoms in total. The van der Waals surface area contributed by atoms with Crippen molar-refractivity contribution in [3.8, 4) is 5.88 Å². The summed E-state index contributed by atoms with van der Waals surface area (Å²) in [7, 11) is 0. The van der Waals surface area contributed by atoms with Gasteiger partial charge in [-0.05, 0) is 38.0 Å². The molecule has 2 aliphatic heterocycles. The van der Waals surface area contributed by atoms with E-state index in [4.69, 9.17) is 4.74 Å². The van der Waals surface area contributed by atoms with E-state index >= 15 is 0 Å². The number of anilines is 1. The third-order valence-electron chi connectivity index (χ3n) is 5.29. The number of aliphatic carboxylic acids is 1. The molecule has 152 valence electrons. The second kappa shape index (κ2) is 7.14. The van der Waals surface area contributed by atoms with Crippen molar-refractivity contribution < 1.29 is 28.2 Å². The standard InChI is InChI=1S/C18H22F2N4O4/c19-18(20)9-23(10-18)14-15(28-8-11-4-5-11)22-12(7-21-14)16(25)24-6-2-1-3-13(24)17(26)27/h7,11,13H,1-6,8-10H2,(H,26,27).